The number of quaternary nitrogens is 1. The minimum Gasteiger partial charge on any atom is -0.397 e. The molecule has 102 valence electrons. The molecule has 1 amide bonds. The highest BCUT2D eigenvalue weighted by Gasteiger charge is 2.58. The van der Waals surface area contributed by atoms with Crippen molar-refractivity contribution in [2.75, 3.05) is 14.1 Å². The van der Waals surface area contributed by atoms with Crippen LogP contribution >= 0.6 is 0 Å². The number of ether oxygens (including phenoxy) is 1. The van der Waals surface area contributed by atoms with Gasteiger partial charge in [0.15, 0.2) is 5.72 Å². The second-order valence-electron chi connectivity index (χ2n) is 7.07. The highest BCUT2D eigenvalue weighted by atomic mass is 16.6. The van der Waals surface area contributed by atoms with Gasteiger partial charge in [0.1, 0.15) is 0 Å². The molecule has 0 spiro atoms. The Morgan fingerprint density at radius 1 is 1.11 bits per heavy atom. The van der Waals surface area contributed by atoms with Crippen molar-refractivity contribution in [1.29, 1.82) is 0 Å². The number of amides is 1. The molecule has 0 aliphatic heterocycles. The number of carbonyl (C=O) groups is 1. The van der Waals surface area contributed by atoms with E-state index in [0.29, 0.717) is 11.8 Å². The summed E-state index contributed by atoms with van der Waals surface area (Å²) in [5.41, 5.74) is 5.72. The molecule has 0 aromatic carbocycles. The average molecular weight is 254 g/mol. The molecule has 4 saturated carbocycles. The zero-order valence-corrected chi connectivity index (χ0v) is 11.3. The van der Waals surface area contributed by atoms with Crippen molar-refractivity contribution < 1.29 is 14.1 Å². The van der Waals surface area contributed by atoms with E-state index >= 15 is 0 Å². The first kappa shape index (κ1) is 12.4. The quantitative estimate of drug-likeness (QED) is 0.242. The number of nitrogens with two attached hydrogens (primary N) is 2. The summed E-state index contributed by atoms with van der Waals surface area (Å²) in [4.78, 5) is 12.0. The average Bonchev–Trinajstić information content (AvgIpc) is 2.23. The number of carbonyl (C=O) groups excluding carboxylic acids is 1. The van der Waals surface area contributed by atoms with Crippen LogP contribution in [-0.2, 0) is 4.74 Å². The fourth-order valence-electron chi connectivity index (χ4n) is 4.36. The van der Waals surface area contributed by atoms with Crippen molar-refractivity contribution in [2.24, 2.45) is 35.2 Å². The lowest BCUT2D eigenvalue weighted by Gasteiger charge is -2.58. The standard InChI is InChI=1S/C13H24N3O2/c1-16(2,15)12(17)18-13(14)10-4-8-3-9(6-10)7-11(13)5-8/h8-11H,3-7,14-15H2,1-2H3/q+1. The van der Waals surface area contributed by atoms with Crippen LogP contribution in [0.2, 0.25) is 0 Å². The van der Waals surface area contributed by atoms with Crippen molar-refractivity contribution in [3.05, 3.63) is 0 Å². The molecule has 0 atom stereocenters. The summed E-state index contributed by atoms with van der Waals surface area (Å²) in [7, 11) is 3.23. The molecule has 4 aliphatic rings. The van der Waals surface area contributed by atoms with E-state index in [4.69, 9.17) is 16.3 Å². The SMILES string of the molecule is C[N+](C)(N)C(=O)OC1(N)C2CC3CC(C2)CC1C3. The van der Waals surface area contributed by atoms with Gasteiger partial charge in [-0.25, -0.2) is 0 Å². The van der Waals surface area contributed by atoms with Crippen LogP contribution < -0.4 is 11.6 Å². The molecule has 18 heavy (non-hydrogen) atoms. The Bertz CT molecular complexity index is 347. The first-order valence-corrected chi connectivity index (χ1v) is 6.94. The third-order valence-corrected chi connectivity index (χ3v) is 5.15. The predicted molar refractivity (Wildman–Crippen MR) is 66.7 cm³/mol. The minimum atomic E-state index is -0.764. The summed E-state index contributed by atoms with van der Waals surface area (Å²) in [6.45, 7) is 0. The molecule has 4 rings (SSSR count). The third kappa shape index (κ3) is 1.76. The fraction of sp³-hybridized carbons (Fsp3) is 0.923. The van der Waals surface area contributed by atoms with Crippen molar-refractivity contribution >= 4 is 6.09 Å². The van der Waals surface area contributed by atoms with Crippen LogP contribution in [0.4, 0.5) is 4.79 Å². The van der Waals surface area contributed by atoms with E-state index in [1.165, 1.54) is 6.42 Å². The molecule has 4 N–H and O–H groups in total. The summed E-state index contributed by atoms with van der Waals surface area (Å²) in [6, 6.07) is 0. The van der Waals surface area contributed by atoms with Crippen LogP contribution in [0.5, 0.6) is 0 Å². The van der Waals surface area contributed by atoms with Gasteiger partial charge in [-0.15, -0.1) is 0 Å². The van der Waals surface area contributed by atoms with Gasteiger partial charge in [0, 0.05) is 11.8 Å². The van der Waals surface area contributed by atoms with Gasteiger partial charge in [0.2, 0.25) is 0 Å². The Morgan fingerprint density at radius 3 is 1.94 bits per heavy atom. The summed E-state index contributed by atoms with van der Waals surface area (Å²) >= 11 is 0. The Hall–Kier alpha value is -0.650. The number of hydrogen-bond donors (Lipinski definition) is 2. The van der Waals surface area contributed by atoms with Crippen molar-refractivity contribution in [3.8, 4) is 0 Å². The normalized spacial score (nSPS) is 46.2. The molecule has 5 heteroatoms. The largest absolute Gasteiger partial charge is 0.537 e. The second kappa shape index (κ2) is 3.68. The molecule has 0 aromatic heterocycles. The molecular weight excluding hydrogens is 230 g/mol. The molecule has 5 nitrogen and oxygen atoms in total. The maximum Gasteiger partial charge on any atom is 0.537 e. The monoisotopic (exact) mass is 254 g/mol. The maximum atomic E-state index is 12.0. The molecule has 0 aromatic rings. The first-order chi connectivity index (χ1) is 8.29. The van der Waals surface area contributed by atoms with E-state index in [9.17, 15) is 4.79 Å². The predicted octanol–water partition coefficient (Wildman–Crippen LogP) is 1.18. The van der Waals surface area contributed by atoms with E-state index in [0.717, 1.165) is 37.5 Å². The van der Waals surface area contributed by atoms with E-state index < -0.39 is 11.8 Å². The molecule has 0 unspecified atom stereocenters. The maximum absolute atomic E-state index is 12.0. The van der Waals surface area contributed by atoms with Crippen molar-refractivity contribution in [1.82, 2.24) is 0 Å². The summed E-state index contributed by atoms with van der Waals surface area (Å²) in [5, 5.41) is 0. The van der Waals surface area contributed by atoms with Crippen LogP contribution in [0.15, 0.2) is 0 Å². The smallest absolute Gasteiger partial charge is 0.397 e. The van der Waals surface area contributed by atoms with Gasteiger partial charge >= 0.3 is 6.09 Å². The highest BCUT2D eigenvalue weighted by molar-refractivity contribution is 5.59. The Labute approximate surface area is 108 Å². The summed E-state index contributed by atoms with van der Waals surface area (Å²) in [6.07, 6.45) is 5.41. The number of rotatable bonds is 1. The van der Waals surface area contributed by atoms with Gasteiger partial charge in [-0.3, -0.25) is 5.73 Å². The molecule has 4 fully saturated rings. The zero-order chi connectivity index (χ0) is 13.1. The molecule has 0 saturated heterocycles. The molecule has 0 heterocycles. The van der Waals surface area contributed by atoms with Gasteiger partial charge in [-0.1, -0.05) is 0 Å². The van der Waals surface area contributed by atoms with Crippen LogP contribution in [0.3, 0.4) is 0 Å². The molecular formula is C13H24N3O2+. The second-order valence-corrected chi connectivity index (χ2v) is 7.07. The van der Waals surface area contributed by atoms with Crippen LogP contribution in [0.1, 0.15) is 32.1 Å². The Balaban J connectivity index is 1.80. The lowest BCUT2D eigenvalue weighted by atomic mass is 9.52. The van der Waals surface area contributed by atoms with Gasteiger partial charge in [-0.05, 0) is 43.9 Å². The van der Waals surface area contributed by atoms with Gasteiger partial charge in [0.25, 0.3) is 0 Å². The fourth-order valence-corrected chi connectivity index (χ4v) is 4.36. The van der Waals surface area contributed by atoms with Crippen molar-refractivity contribution in [3.63, 3.8) is 0 Å². The zero-order valence-electron chi connectivity index (χ0n) is 11.3. The summed E-state index contributed by atoms with van der Waals surface area (Å²) in [5.74, 6) is 8.04. The molecule has 4 aliphatic carbocycles. The van der Waals surface area contributed by atoms with Gasteiger partial charge < -0.3 is 4.74 Å². The van der Waals surface area contributed by atoms with Crippen LogP contribution in [0, 0.1) is 23.7 Å². The van der Waals surface area contributed by atoms with E-state index in [1.54, 1.807) is 14.1 Å². The molecule has 0 radical (unpaired) electrons. The van der Waals surface area contributed by atoms with Crippen LogP contribution in [-0.4, -0.2) is 30.5 Å². The van der Waals surface area contributed by atoms with E-state index in [1.807, 2.05) is 0 Å². The number of hydrogen-bond acceptors (Lipinski definition) is 4. The first-order valence-electron chi connectivity index (χ1n) is 6.94. The van der Waals surface area contributed by atoms with Crippen molar-refractivity contribution in [2.45, 2.75) is 37.8 Å². The topological polar surface area (TPSA) is 78.3 Å². The number of nitrogens with zero attached hydrogens (tertiary/aromatic N) is 1. The molecule has 4 bridgehead atoms. The lowest BCUT2D eigenvalue weighted by molar-refractivity contribution is -0.830. The van der Waals surface area contributed by atoms with Crippen LogP contribution in [0.25, 0.3) is 0 Å². The van der Waals surface area contributed by atoms with E-state index in [-0.39, 0.29) is 4.59 Å². The lowest BCUT2D eigenvalue weighted by Crippen LogP contribution is -2.67. The summed E-state index contributed by atoms with van der Waals surface area (Å²) < 4.78 is 5.35. The Kier molecular flexibility index (Phi) is 2.53. The Morgan fingerprint density at radius 2 is 1.56 bits per heavy atom. The highest BCUT2D eigenvalue weighted by Crippen LogP contribution is 2.57. The third-order valence-electron chi connectivity index (χ3n) is 5.15. The van der Waals surface area contributed by atoms with E-state index in [2.05, 4.69) is 0 Å². The minimum absolute atomic E-state index is 0.314. The van der Waals surface area contributed by atoms with Gasteiger partial charge in [-0.2, -0.15) is 15.2 Å². The van der Waals surface area contributed by atoms with Gasteiger partial charge in [0.05, 0.1) is 14.1 Å².